The van der Waals surface area contributed by atoms with Crippen molar-refractivity contribution in [2.24, 2.45) is 5.92 Å². The van der Waals surface area contributed by atoms with Crippen molar-refractivity contribution in [3.05, 3.63) is 35.6 Å². The molecule has 1 aromatic rings. The lowest BCUT2D eigenvalue weighted by Crippen LogP contribution is -2.50. The van der Waals surface area contributed by atoms with E-state index in [4.69, 9.17) is 0 Å². The number of hydrogen-bond donors (Lipinski definition) is 1. The quantitative estimate of drug-likeness (QED) is 0.855. The van der Waals surface area contributed by atoms with Gasteiger partial charge in [0.15, 0.2) is 0 Å². The van der Waals surface area contributed by atoms with E-state index in [0.29, 0.717) is 23.7 Å². The van der Waals surface area contributed by atoms with Gasteiger partial charge in [0.2, 0.25) is 11.8 Å². The summed E-state index contributed by atoms with van der Waals surface area (Å²) in [5.74, 6) is 1.03. The average molecular weight is 379 g/mol. The van der Waals surface area contributed by atoms with Crippen LogP contribution in [0.15, 0.2) is 24.3 Å². The van der Waals surface area contributed by atoms with Gasteiger partial charge in [-0.1, -0.05) is 44.9 Å². The Hall–Kier alpha value is -1.56. The maximum Gasteiger partial charge on any atom is 0.243 e. The van der Waals surface area contributed by atoms with E-state index in [-0.39, 0.29) is 23.5 Å². The van der Waals surface area contributed by atoms with Crippen molar-refractivity contribution in [2.75, 3.05) is 18.2 Å². The Kier molecular flexibility index (Phi) is 5.90. The Morgan fingerprint density at radius 1 is 1.27 bits per heavy atom. The number of carbonyl (C=O) groups excluding carboxylic acids is 2. The molecule has 0 aromatic heterocycles. The summed E-state index contributed by atoms with van der Waals surface area (Å²) in [6.07, 6.45) is 4.08. The Labute approximate surface area is 158 Å². The SMILES string of the molecule is CC(C)(CNC(=O)C1CSCN1C(=O)C1CCCC1)c1ccccc1F. The summed E-state index contributed by atoms with van der Waals surface area (Å²) in [6, 6.07) is 6.24. The van der Waals surface area contributed by atoms with Gasteiger partial charge >= 0.3 is 0 Å². The van der Waals surface area contributed by atoms with Gasteiger partial charge < -0.3 is 10.2 Å². The van der Waals surface area contributed by atoms with Crippen molar-refractivity contribution >= 4 is 23.6 Å². The summed E-state index contributed by atoms with van der Waals surface area (Å²) in [4.78, 5) is 27.2. The van der Waals surface area contributed by atoms with Gasteiger partial charge in [-0.25, -0.2) is 4.39 Å². The first-order valence-electron chi connectivity index (χ1n) is 9.31. The molecule has 0 bridgehead atoms. The molecule has 3 rings (SSSR count). The van der Waals surface area contributed by atoms with Crippen LogP contribution in [-0.2, 0) is 15.0 Å². The number of hydrogen-bond acceptors (Lipinski definition) is 3. The molecule has 1 heterocycles. The van der Waals surface area contributed by atoms with Crippen LogP contribution in [0.2, 0.25) is 0 Å². The Morgan fingerprint density at radius 2 is 1.96 bits per heavy atom. The number of thioether (sulfide) groups is 1. The van der Waals surface area contributed by atoms with Crippen LogP contribution >= 0.6 is 11.8 Å². The minimum Gasteiger partial charge on any atom is -0.353 e. The van der Waals surface area contributed by atoms with Gasteiger partial charge in [-0.3, -0.25) is 9.59 Å². The maximum atomic E-state index is 14.1. The fraction of sp³-hybridized carbons (Fsp3) is 0.600. The lowest BCUT2D eigenvalue weighted by atomic mass is 9.84. The third-order valence-electron chi connectivity index (χ3n) is 5.48. The largest absolute Gasteiger partial charge is 0.353 e. The van der Waals surface area contributed by atoms with Gasteiger partial charge in [0.25, 0.3) is 0 Å². The minimum atomic E-state index is -0.521. The molecule has 2 fully saturated rings. The summed E-state index contributed by atoms with van der Waals surface area (Å²) < 4.78 is 14.1. The van der Waals surface area contributed by atoms with Crippen molar-refractivity contribution < 1.29 is 14.0 Å². The molecule has 4 nitrogen and oxygen atoms in total. The molecule has 2 amide bonds. The predicted molar refractivity (Wildman–Crippen MR) is 102 cm³/mol. The summed E-state index contributed by atoms with van der Waals surface area (Å²) in [7, 11) is 0. The van der Waals surface area contributed by atoms with Crippen LogP contribution in [0.3, 0.4) is 0 Å². The predicted octanol–water partition coefficient (Wildman–Crippen LogP) is 3.31. The number of rotatable bonds is 5. The zero-order valence-electron chi connectivity index (χ0n) is 15.5. The highest BCUT2D eigenvalue weighted by molar-refractivity contribution is 7.99. The van der Waals surface area contributed by atoms with E-state index in [1.54, 1.807) is 34.9 Å². The minimum absolute atomic E-state index is 0.0823. The molecular weight excluding hydrogens is 351 g/mol. The number of nitrogens with one attached hydrogen (secondary N) is 1. The molecule has 6 heteroatoms. The number of nitrogens with zero attached hydrogens (tertiary/aromatic N) is 1. The van der Waals surface area contributed by atoms with E-state index >= 15 is 0 Å². The average Bonchev–Trinajstić information content (AvgIpc) is 3.31. The molecule has 1 unspecified atom stereocenters. The van der Waals surface area contributed by atoms with E-state index in [1.807, 2.05) is 13.8 Å². The highest BCUT2D eigenvalue weighted by atomic mass is 32.2. The Balaban J connectivity index is 1.62. The van der Waals surface area contributed by atoms with Gasteiger partial charge in [-0.15, -0.1) is 11.8 Å². The van der Waals surface area contributed by atoms with Gasteiger partial charge in [-0.05, 0) is 24.5 Å². The van der Waals surface area contributed by atoms with Gasteiger partial charge in [-0.2, -0.15) is 0 Å². The number of carbonyl (C=O) groups is 2. The first kappa shape index (κ1) is 19.2. The van der Waals surface area contributed by atoms with E-state index in [0.717, 1.165) is 25.7 Å². The van der Waals surface area contributed by atoms with Crippen LogP contribution in [-0.4, -0.2) is 40.9 Å². The van der Waals surface area contributed by atoms with Gasteiger partial charge in [0.05, 0.1) is 5.88 Å². The van der Waals surface area contributed by atoms with E-state index in [9.17, 15) is 14.0 Å². The molecule has 26 heavy (non-hydrogen) atoms. The van der Waals surface area contributed by atoms with Crippen molar-refractivity contribution in [3.8, 4) is 0 Å². The molecule has 1 atom stereocenters. The van der Waals surface area contributed by atoms with E-state index in [1.165, 1.54) is 6.07 Å². The van der Waals surface area contributed by atoms with Crippen LogP contribution in [0, 0.1) is 11.7 Å². The van der Waals surface area contributed by atoms with E-state index < -0.39 is 11.5 Å². The molecule has 1 saturated carbocycles. The monoisotopic (exact) mass is 378 g/mol. The molecule has 1 aliphatic heterocycles. The summed E-state index contributed by atoms with van der Waals surface area (Å²) in [5, 5.41) is 2.95. The number of amides is 2. The molecule has 1 N–H and O–H groups in total. The van der Waals surface area contributed by atoms with Crippen molar-refractivity contribution in [2.45, 2.75) is 51.0 Å². The zero-order chi connectivity index (χ0) is 18.7. The molecule has 2 aliphatic rings. The fourth-order valence-electron chi connectivity index (χ4n) is 3.82. The molecule has 0 spiro atoms. The van der Waals surface area contributed by atoms with Gasteiger partial charge in [0.1, 0.15) is 11.9 Å². The zero-order valence-corrected chi connectivity index (χ0v) is 16.3. The summed E-state index contributed by atoms with van der Waals surface area (Å²) in [6.45, 7) is 4.16. The molecule has 0 radical (unpaired) electrons. The number of benzene rings is 1. The van der Waals surface area contributed by atoms with Crippen LogP contribution in [0.1, 0.15) is 45.1 Å². The molecule has 1 aliphatic carbocycles. The Bertz CT molecular complexity index is 674. The summed E-state index contributed by atoms with van der Waals surface area (Å²) in [5.41, 5.74) is 0.0625. The maximum absolute atomic E-state index is 14.1. The van der Waals surface area contributed by atoms with Crippen LogP contribution < -0.4 is 5.32 Å². The summed E-state index contributed by atoms with van der Waals surface area (Å²) >= 11 is 1.62. The number of halogens is 1. The second-order valence-corrected chi connectivity index (χ2v) is 8.89. The van der Waals surface area contributed by atoms with Crippen molar-refractivity contribution in [1.29, 1.82) is 0 Å². The van der Waals surface area contributed by atoms with Crippen LogP contribution in [0.4, 0.5) is 4.39 Å². The van der Waals surface area contributed by atoms with Crippen molar-refractivity contribution in [1.82, 2.24) is 10.2 Å². The third kappa shape index (κ3) is 4.05. The smallest absolute Gasteiger partial charge is 0.243 e. The molecule has 1 saturated heterocycles. The fourth-order valence-corrected chi connectivity index (χ4v) is 4.98. The second-order valence-electron chi connectivity index (χ2n) is 7.89. The lowest BCUT2D eigenvalue weighted by Gasteiger charge is -2.29. The lowest BCUT2D eigenvalue weighted by molar-refractivity contribution is -0.141. The van der Waals surface area contributed by atoms with Crippen LogP contribution in [0.25, 0.3) is 0 Å². The normalized spacial score (nSPS) is 21.2. The van der Waals surface area contributed by atoms with Crippen molar-refractivity contribution in [3.63, 3.8) is 0 Å². The second kappa shape index (κ2) is 7.99. The molecule has 142 valence electrons. The third-order valence-corrected chi connectivity index (χ3v) is 6.49. The highest BCUT2D eigenvalue weighted by Gasteiger charge is 2.38. The standard InChI is InChI=1S/C20H27FN2O2S/c1-20(2,15-9-5-6-10-16(15)21)12-22-18(24)17-11-26-13-23(17)19(25)14-7-3-4-8-14/h5-6,9-10,14,17H,3-4,7-8,11-13H2,1-2H3,(H,22,24). The topological polar surface area (TPSA) is 49.4 Å². The highest BCUT2D eigenvalue weighted by Crippen LogP contribution is 2.31. The Morgan fingerprint density at radius 3 is 2.65 bits per heavy atom. The van der Waals surface area contributed by atoms with E-state index in [2.05, 4.69) is 5.32 Å². The van der Waals surface area contributed by atoms with Gasteiger partial charge in [0, 0.05) is 23.6 Å². The van der Waals surface area contributed by atoms with Crippen LogP contribution in [0.5, 0.6) is 0 Å². The first-order chi connectivity index (χ1) is 12.4. The first-order valence-corrected chi connectivity index (χ1v) is 10.5. The molecular formula is C20H27FN2O2S. The molecule has 1 aromatic carbocycles.